The highest BCUT2D eigenvalue weighted by Gasteiger charge is 2.34. The summed E-state index contributed by atoms with van der Waals surface area (Å²) in [4.78, 5) is 12.8. The lowest BCUT2D eigenvalue weighted by atomic mass is 10.3. The van der Waals surface area contributed by atoms with Gasteiger partial charge in [0.05, 0.1) is 6.54 Å². The first-order valence-electron chi connectivity index (χ1n) is 3.73. The van der Waals surface area contributed by atoms with Crippen LogP contribution in [0.25, 0.3) is 0 Å². The summed E-state index contributed by atoms with van der Waals surface area (Å²) in [6.45, 7) is 0.0777. The molecule has 0 N–H and O–H groups in total. The van der Waals surface area contributed by atoms with E-state index in [-0.39, 0.29) is 18.7 Å². The molecule has 0 aliphatic rings. The van der Waals surface area contributed by atoms with Gasteiger partial charge in [0, 0.05) is 6.42 Å². The third-order valence-corrected chi connectivity index (χ3v) is 1.48. The average molecular weight is 205 g/mol. The van der Waals surface area contributed by atoms with Crippen molar-refractivity contribution in [2.75, 3.05) is 6.54 Å². The van der Waals surface area contributed by atoms with Crippen LogP contribution in [0.1, 0.15) is 11.5 Å². The highest BCUT2D eigenvalue weighted by molar-refractivity contribution is 5.32. The number of hydrogen-bond acceptors (Lipinski definition) is 3. The molecule has 1 rings (SSSR count). The Morgan fingerprint density at radius 1 is 1.43 bits per heavy atom. The van der Waals surface area contributed by atoms with Crippen LogP contribution in [0.15, 0.2) is 21.5 Å². The summed E-state index contributed by atoms with van der Waals surface area (Å²) in [5.74, 6) is -0.890. The number of rotatable bonds is 3. The van der Waals surface area contributed by atoms with Crippen LogP contribution in [-0.4, -0.2) is 12.6 Å². The van der Waals surface area contributed by atoms with E-state index in [1.54, 1.807) is 0 Å². The summed E-state index contributed by atoms with van der Waals surface area (Å²) in [7, 11) is 0. The molecule has 0 saturated carbocycles. The number of hydrogen-bond donors (Lipinski definition) is 0. The Hall–Kier alpha value is -1.55. The summed E-state index contributed by atoms with van der Waals surface area (Å²) in [5.41, 5.74) is 0. The maximum absolute atomic E-state index is 12.0. The van der Waals surface area contributed by atoms with Crippen LogP contribution < -0.4 is 0 Å². The van der Waals surface area contributed by atoms with Crippen LogP contribution in [0.4, 0.5) is 13.2 Å². The molecule has 3 nitrogen and oxygen atoms in total. The number of alkyl halides is 3. The maximum atomic E-state index is 12.0. The lowest BCUT2D eigenvalue weighted by Gasteiger charge is -2.00. The molecule has 0 unspecified atom stereocenters. The van der Waals surface area contributed by atoms with E-state index in [1.807, 2.05) is 0 Å². The Morgan fingerprint density at radius 3 is 2.64 bits per heavy atom. The summed E-state index contributed by atoms with van der Waals surface area (Å²) in [6.07, 6.45) is -3.02. The molecular weight excluding hydrogens is 199 g/mol. The maximum Gasteiger partial charge on any atom is 0.449 e. The lowest BCUT2D eigenvalue weighted by molar-refractivity contribution is -0.153. The molecule has 14 heavy (non-hydrogen) atoms. The van der Waals surface area contributed by atoms with E-state index in [4.69, 9.17) is 0 Å². The number of carbonyl (C=O) groups excluding carboxylic acids is 1. The second-order valence-corrected chi connectivity index (χ2v) is 2.49. The van der Waals surface area contributed by atoms with E-state index in [9.17, 15) is 18.0 Å². The number of nitrogens with zero attached hydrogens (tertiary/aromatic N) is 1. The molecule has 0 aliphatic carbocycles. The van der Waals surface area contributed by atoms with Crippen molar-refractivity contribution in [2.24, 2.45) is 4.99 Å². The Kier molecular flexibility index (Phi) is 3.09. The lowest BCUT2D eigenvalue weighted by Crippen LogP contribution is -2.02. The van der Waals surface area contributed by atoms with Gasteiger partial charge in [-0.05, 0) is 12.1 Å². The van der Waals surface area contributed by atoms with E-state index in [0.717, 1.165) is 6.07 Å². The zero-order valence-corrected chi connectivity index (χ0v) is 6.97. The topological polar surface area (TPSA) is 42.6 Å². The van der Waals surface area contributed by atoms with Gasteiger partial charge < -0.3 is 4.42 Å². The Morgan fingerprint density at radius 2 is 2.14 bits per heavy atom. The minimum absolute atomic E-state index is 0.0777. The third-order valence-electron chi connectivity index (χ3n) is 1.48. The van der Waals surface area contributed by atoms with Crippen molar-refractivity contribution in [3.8, 4) is 0 Å². The molecule has 0 aromatic carbocycles. The van der Waals surface area contributed by atoms with E-state index < -0.39 is 11.9 Å². The van der Waals surface area contributed by atoms with Crippen molar-refractivity contribution in [3.63, 3.8) is 0 Å². The summed E-state index contributed by atoms with van der Waals surface area (Å²) in [6, 6.07) is 2.06. The molecule has 6 heteroatoms. The quantitative estimate of drug-likeness (QED) is 0.560. The second kappa shape index (κ2) is 4.11. The van der Waals surface area contributed by atoms with Crippen LogP contribution in [0, 0.1) is 0 Å². The van der Waals surface area contributed by atoms with Crippen molar-refractivity contribution in [1.29, 1.82) is 0 Å². The molecule has 0 radical (unpaired) electrons. The van der Waals surface area contributed by atoms with Gasteiger partial charge in [0.1, 0.15) is 5.76 Å². The fraction of sp³-hybridized carbons (Fsp3) is 0.375. The van der Waals surface area contributed by atoms with Crippen molar-refractivity contribution in [2.45, 2.75) is 12.6 Å². The predicted molar refractivity (Wildman–Crippen MR) is 40.4 cm³/mol. The highest BCUT2D eigenvalue weighted by Crippen LogP contribution is 2.30. The SMILES string of the molecule is O=C=NCCc1ccc(C(F)(F)F)o1. The van der Waals surface area contributed by atoms with Gasteiger partial charge in [-0.2, -0.15) is 13.2 Å². The molecule has 1 heterocycles. The normalized spacial score (nSPS) is 11.1. The Labute approximate surface area is 77.2 Å². The molecule has 0 atom stereocenters. The van der Waals surface area contributed by atoms with Gasteiger partial charge in [-0.1, -0.05) is 0 Å². The van der Waals surface area contributed by atoms with Crippen molar-refractivity contribution < 1.29 is 22.4 Å². The average Bonchev–Trinajstić information content (AvgIpc) is 2.52. The van der Waals surface area contributed by atoms with Crippen LogP contribution in [-0.2, 0) is 17.4 Å². The fourth-order valence-electron chi connectivity index (χ4n) is 0.876. The molecule has 0 aliphatic heterocycles. The molecule has 0 saturated heterocycles. The van der Waals surface area contributed by atoms with E-state index in [1.165, 1.54) is 12.1 Å². The van der Waals surface area contributed by atoms with Gasteiger partial charge in [0.2, 0.25) is 11.8 Å². The van der Waals surface area contributed by atoms with Gasteiger partial charge >= 0.3 is 6.18 Å². The van der Waals surface area contributed by atoms with Crippen molar-refractivity contribution >= 4 is 6.08 Å². The Bertz CT molecular complexity index is 350. The first kappa shape index (κ1) is 10.5. The van der Waals surface area contributed by atoms with Gasteiger partial charge in [0.25, 0.3) is 0 Å². The zero-order valence-electron chi connectivity index (χ0n) is 6.97. The minimum Gasteiger partial charge on any atom is -0.456 e. The standard InChI is InChI=1S/C8H6F3NO2/c9-8(10,11)7-2-1-6(14-7)3-4-12-5-13/h1-2H,3-4H2. The summed E-state index contributed by atoms with van der Waals surface area (Å²) >= 11 is 0. The third kappa shape index (κ3) is 2.74. The van der Waals surface area contributed by atoms with Crippen LogP contribution in [0.2, 0.25) is 0 Å². The van der Waals surface area contributed by atoms with E-state index in [2.05, 4.69) is 9.41 Å². The number of furan rings is 1. The molecular formula is C8H6F3NO2. The van der Waals surface area contributed by atoms with Crippen LogP contribution >= 0.6 is 0 Å². The number of isocyanates is 1. The zero-order chi connectivity index (χ0) is 10.6. The molecule has 0 fully saturated rings. The molecule has 1 aromatic heterocycles. The van der Waals surface area contributed by atoms with Crippen molar-refractivity contribution in [1.82, 2.24) is 0 Å². The Balaban J connectivity index is 2.64. The number of halogens is 3. The highest BCUT2D eigenvalue weighted by atomic mass is 19.4. The van der Waals surface area contributed by atoms with E-state index in [0.29, 0.717) is 0 Å². The molecule has 0 spiro atoms. The monoisotopic (exact) mass is 205 g/mol. The summed E-state index contributed by atoms with van der Waals surface area (Å²) < 4.78 is 40.5. The van der Waals surface area contributed by atoms with Crippen LogP contribution in [0.5, 0.6) is 0 Å². The first-order chi connectivity index (χ1) is 6.54. The van der Waals surface area contributed by atoms with Gasteiger partial charge in [-0.15, -0.1) is 0 Å². The summed E-state index contributed by atoms with van der Waals surface area (Å²) in [5, 5.41) is 0. The van der Waals surface area contributed by atoms with Crippen LogP contribution in [0.3, 0.4) is 0 Å². The largest absolute Gasteiger partial charge is 0.456 e. The smallest absolute Gasteiger partial charge is 0.449 e. The van der Waals surface area contributed by atoms with Gasteiger partial charge in [-0.25, -0.2) is 9.79 Å². The molecule has 76 valence electrons. The van der Waals surface area contributed by atoms with Gasteiger partial charge in [-0.3, -0.25) is 0 Å². The fourth-order valence-corrected chi connectivity index (χ4v) is 0.876. The van der Waals surface area contributed by atoms with Crippen molar-refractivity contribution in [3.05, 3.63) is 23.7 Å². The first-order valence-corrected chi connectivity index (χ1v) is 3.73. The minimum atomic E-state index is -4.47. The molecule has 0 bridgehead atoms. The molecule has 1 aromatic rings. The van der Waals surface area contributed by atoms with Gasteiger partial charge in [0.15, 0.2) is 0 Å². The molecule has 0 amide bonds. The predicted octanol–water partition coefficient (Wildman–Crippen LogP) is 2.18. The van der Waals surface area contributed by atoms with E-state index >= 15 is 0 Å². The number of aliphatic imine (C=N–C) groups is 1. The second-order valence-electron chi connectivity index (χ2n) is 2.49.